The van der Waals surface area contributed by atoms with Crippen molar-refractivity contribution in [1.29, 1.82) is 0 Å². The van der Waals surface area contributed by atoms with Crippen LogP contribution < -0.4 is 0 Å². The monoisotopic (exact) mass is 328 g/mol. The Hall–Kier alpha value is 0.01000. The zero-order chi connectivity index (χ0) is 13.0. The molecule has 1 N–H and O–H groups in total. The lowest BCUT2D eigenvalue weighted by Crippen LogP contribution is -2.27. The quantitative estimate of drug-likeness (QED) is 0.806. The van der Waals surface area contributed by atoms with E-state index in [0.29, 0.717) is 5.92 Å². The van der Waals surface area contributed by atoms with Crippen molar-refractivity contribution in [2.45, 2.75) is 43.6 Å². The molecule has 0 bridgehead atoms. The van der Waals surface area contributed by atoms with E-state index in [2.05, 4.69) is 35.0 Å². The number of halogens is 1. The second-order valence-electron chi connectivity index (χ2n) is 5.37. The molecule has 0 amide bonds. The Morgan fingerprint density at radius 3 is 3.00 bits per heavy atom. The molecule has 1 aliphatic rings. The van der Waals surface area contributed by atoms with E-state index in [1.54, 1.807) is 11.8 Å². The Labute approximate surface area is 122 Å². The van der Waals surface area contributed by atoms with E-state index in [1.165, 1.54) is 30.6 Å². The van der Waals surface area contributed by atoms with Crippen molar-refractivity contribution < 1.29 is 5.11 Å². The first-order valence-electron chi connectivity index (χ1n) is 6.71. The van der Waals surface area contributed by atoms with Crippen molar-refractivity contribution in [2.24, 2.45) is 11.8 Å². The van der Waals surface area contributed by atoms with Gasteiger partial charge in [0.25, 0.3) is 0 Å². The maximum Gasteiger partial charge on any atom is 0.0662 e. The molecule has 0 aliphatic heterocycles. The highest BCUT2D eigenvalue weighted by molar-refractivity contribution is 9.10. The molecule has 18 heavy (non-hydrogen) atoms. The highest BCUT2D eigenvalue weighted by atomic mass is 79.9. The summed E-state index contributed by atoms with van der Waals surface area (Å²) in [7, 11) is 0. The minimum absolute atomic E-state index is 0.156. The van der Waals surface area contributed by atoms with Crippen LogP contribution in [0.4, 0.5) is 0 Å². The minimum Gasteiger partial charge on any atom is -0.392 e. The van der Waals surface area contributed by atoms with E-state index in [-0.39, 0.29) is 6.10 Å². The molecule has 1 aromatic rings. The number of aliphatic hydroxyl groups excluding tert-OH is 1. The van der Waals surface area contributed by atoms with Gasteiger partial charge in [-0.15, -0.1) is 11.8 Å². The number of aliphatic hydroxyl groups is 1. The van der Waals surface area contributed by atoms with Crippen LogP contribution in [0.2, 0.25) is 0 Å². The molecule has 1 aliphatic carbocycles. The third-order valence-electron chi connectivity index (χ3n) is 3.74. The summed E-state index contributed by atoms with van der Waals surface area (Å²) in [6.07, 6.45) is 4.86. The number of thioether (sulfide) groups is 1. The molecule has 1 fully saturated rings. The van der Waals surface area contributed by atoms with Gasteiger partial charge in [0.2, 0.25) is 0 Å². The van der Waals surface area contributed by atoms with Gasteiger partial charge in [-0.2, -0.15) is 0 Å². The van der Waals surface area contributed by atoms with Crippen molar-refractivity contribution in [3.63, 3.8) is 0 Å². The summed E-state index contributed by atoms with van der Waals surface area (Å²) in [4.78, 5) is 1.23. The van der Waals surface area contributed by atoms with Crippen LogP contribution in [-0.2, 0) is 0 Å². The molecule has 2 rings (SSSR count). The van der Waals surface area contributed by atoms with Crippen LogP contribution >= 0.6 is 27.7 Å². The predicted molar refractivity (Wildman–Crippen MR) is 82.0 cm³/mol. The van der Waals surface area contributed by atoms with E-state index >= 15 is 0 Å². The summed E-state index contributed by atoms with van der Waals surface area (Å²) in [5.41, 5.74) is 0. The molecule has 0 heterocycles. The molecule has 1 aromatic carbocycles. The maximum absolute atomic E-state index is 10.3. The van der Waals surface area contributed by atoms with Crippen LogP contribution in [0.5, 0.6) is 0 Å². The maximum atomic E-state index is 10.3. The standard InChI is InChI=1S/C15H21BrOS/c1-11-4-2-5-12(8-11)15(17)10-18-14-7-3-6-13(16)9-14/h3,6-7,9,11-12,15,17H,2,4-5,8,10H2,1H3. The third kappa shape index (κ3) is 4.29. The van der Waals surface area contributed by atoms with E-state index < -0.39 is 0 Å². The second-order valence-corrected chi connectivity index (χ2v) is 7.38. The van der Waals surface area contributed by atoms with E-state index in [0.717, 1.165) is 16.1 Å². The van der Waals surface area contributed by atoms with Crippen molar-refractivity contribution in [2.75, 3.05) is 5.75 Å². The average Bonchev–Trinajstić information content (AvgIpc) is 2.36. The zero-order valence-corrected chi connectivity index (χ0v) is 13.2. The molecule has 3 unspecified atom stereocenters. The van der Waals surface area contributed by atoms with Gasteiger partial charge >= 0.3 is 0 Å². The van der Waals surface area contributed by atoms with Gasteiger partial charge in [0.05, 0.1) is 6.10 Å². The first-order chi connectivity index (χ1) is 8.65. The van der Waals surface area contributed by atoms with Crippen LogP contribution in [0, 0.1) is 11.8 Å². The van der Waals surface area contributed by atoms with Crippen molar-refractivity contribution in [1.82, 2.24) is 0 Å². The number of benzene rings is 1. The number of hydrogen-bond donors (Lipinski definition) is 1. The molecule has 0 radical (unpaired) electrons. The lowest BCUT2D eigenvalue weighted by molar-refractivity contribution is 0.0902. The topological polar surface area (TPSA) is 20.2 Å². The summed E-state index contributed by atoms with van der Waals surface area (Å²) in [5, 5.41) is 10.3. The normalized spacial score (nSPS) is 25.9. The van der Waals surface area contributed by atoms with E-state index in [4.69, 9.17) is 0 Å². The van der Waals surface area contributed by atoms with Crippen LogP contribution in [0.3, 0.4) is 0 Å². The Morgan fingerprint density at radius 2 is 2.28 bits per heavy atom. The van der Waals surface area contributed by atoms with Crippen LogP contribution in [-0.4, -0.2) is 17.0 Å². The van der Waals surface area contributed by atoms with Gasteiger partial charge in [-0.3, -0.25) is 0 Å². The fraction of sp³-hybridized carbons (Fsp3) is 0.600. The zero-order valence-electron chi connectivity index (χ0n) is 10.8. The van der Waals surface area contributed by atoms with Crippen molar-refractivity contribution in [3.8, 4) is 0 Å². The van der Waals surface area contributed by atoms with E-state index in [9.17, 15) is 5.11 Å². The van der Waals surface area contributed by atoms with Crippen LogP contribution in [0.25, 0.3) is 0 Å². The smallest absolute Gasteiger partial charge is 0.0662 e. The predicted octanol–water partition coefficient (Wildman–Crippen LogP) is 4.73. The van der Waals surface area contributed by atoms with Crippen LogP contribution in [0.15, 0.2) is 33.6 Å². The average molecular weight is 329 g/mol. The minimum atomic E-state index is -0.156. The fourth-order valence-electron chi connectivity index (χ4n) is 2.70. The molecule has 0 spiro atoms. The Bertz CT molecular complexity index is 383. The van der Waals surface area contributed by atoms with E-state index in [1.807, 2.05) is 12.1 Å². The molecule has 100 valence electrons. The van der Waals surface area contributed by atoms with Crippen LogP contribution in [0.1, 0.15) is 32.6 Å². The van der Waals surface area contributed by atoms with Gasteiger partial charge in [0.1, 0.15) is 0 Å². The molecule has 1 saturated carbocycles. The van der Waals surface area contributed by atoms with Gasteiger partial charge in [-0.05, 0) is 42.9 Å². The molecular formula is C15H21BrOS. The van der Waals surface area contributed by atoms with Crippen molar-refractivity contribution >= 4 is 27.7 Å². The lowest BCUT2D eigenvalue weighted by Gasteiger charge is -2.30. The second kappa shape index (κ2) is 6.97. The molecule has 0 aromatic heterocycles. The highest BCUT2D eigenvalue weighted by Gasteiger charge is 2.25. The van der Waals surface area contributed by atoms with Gasteiger partial charge in [0.15, 0.2) is 0 Å². The largest absolute Gasteiger partial charge is 0.392 e. The summed E-state index contributed by atoms with van der Waals surface area (Å²) in [5.74, 6) is 2.11. The molecule has 3 heteroatoms. The third-order valence-corrected chi connectivity index (χ3v) is 5.33. The fourth-order valence-corrected chi connectivity index (χ4v) is 4.28. The summed E-state index contributed by atoms with van der Waals surface area (Å²) < 4.78 is 1.10. The van der Waals surface area contributed by atoms with Gasteiger partial charge in [0, 0.05) is 15.1 Å². The number of hydrogen-bond acceptors (Lipinski definition) is 2. The Kier molecular flexibility index (Phi) is 5.58. The molecule has 1 nitrogen and oxygen atoms in total. The van der Waals surface area contributed by atoms with Crippen molar-refractivity contribution in [3.05, 3.63) is 28.7 Å². The Morgan fingerprint density at radius 1 is 1.44 bits per heavy atom. The highest BCUT2D eigenvalue weighted by Crippen LogP contribution is 2.33. The molecule has 3 atom stereocenters. The lowest BCUT2D eigenvalue weighted by atomic mass is 9.80. The Balaban J connectivity index is 1.82. The van der Waals surface area contributed by atoms with Gasteiger partial charge in [-0.25, -0.2) is 0 Å². The van der Waals surface area contributed by atoms with Gasteiger partial charge < -0.3 is 5.11 Å². The molecule has 0 saturated heterocycles. The summed E-state index contributed by atoms with van der Waals surface area (Å²) >= 11 is 5.24. The molecular weight excluding hydrogens is 308 g/mol. The van der Waals surface area contributed by atoms with Gasteiger partial charge in [-0.1, -0.05) is 41.8 Å². The first-order valence-corrected chi connectivity index (χ1v) is 8.49. The summed E-state index contributed by atoms with van der Waals surface area (Å²) in [6.45, 7) is 2.31. The summed E-state index contributed by atoms with van der Waals surface area (Å²) in [6, 6.07) is 8.29. The number of rotatable bonds is 4. The first kappa shape index (κ1) is 14.4. The SMILES string of the molecule is CC1CCCC(C(O)CSc2cccc(Br)c2)C1.